The van der Waals surface area contributed by atoms with Gasteiger partial charge in [-0.05, 0) is 67.3 Å². The van der Waals surface area contributed by atoms with Crippen molar-refractivity contribution in [3.8, 4) is 0 Å². The zero-order chi connectivity index (χ0) is 45.5. The van der Waals surface area contributed by atoms with Crippen molar-refractivity contribution in [1.82, 2.24) is 0 Å². The number of benzene rings is 2. The first-order valence-corrected chi connectivity index (χ1v) is 30.5. The standard InChI is InChI=1S/C63H112S/c1-4-7-10-13-16-19-22-25-28-31-34-37-40-43-46-52-59-55-51-58-63(61(59)56-48-45-42-39-36-33-30-27-24-21-18-15-12-9-6-3)64-62-57-50-49-54-60(62)53-47-44-41-38-35-32-29-26-23-20-17-14-11-8-5-2/h49-51,54-55,57-58H,4-48,52-53,56H2,1-3H3. The van der Waals surface area contributed by atoms with E-state index in [0.717, 1.165) is 0 Å². The molecule has 0 fully saturated rings. The molecule has 0 saturated heterocycles. The first-order valence-electron chi connectivity index (χ1n) is 29.7. The molecule has 0 atom stereocenters. The minimum Gasteiger partial charge on any atom is -0.0895 e. The quantitative estimate of drug-likeness (QED) is 0.0596. The zero-order valence-electron chi connectivity index (χ0n) is 43.9. The summed E-state index contributed by atoms with van der Waals surface area (Å²) in [6.45, 7) is 6.95. The van der Waals surface area contributed by atoms with E-state index in [1.54, 1.807) is 21.6 Å². The summed E-state index contributed by atoms with van der Waals surface area (Å²) in [7, 11) is 0. The molecule has 2 aromatic rings. The molecule has 370 valence electrons. The molecule has 0 nitrogen and oxygen atoms in total. The van der Waals surface area contributed by atoms with Crippen LogP contribution in [0.1, 0.15) is 326 Å². The van der Waals surface area contributed by atoms with E-state index in [1.165, 1.54) is 313 Å². The molecule has 0 heterocycles. The largest absolute Gasteiger partial charge is 0.0895 e. The summed E-state index contributed by atoms with van der Waals surface area (Å²) in [5.41, 5.74) is 4.92. The van der Waals surface area contributed by atoms with Crippen LogP contribution < -0.4 is 0 Å². The Morgan fingerprint density at radius 2 is 0.484 bits per heavy atom. The van der Waals surface area contributed by atoms with E-state index in [4.69, 9.17) is 0 Å². The Bertz CT molecular complexity index is 1230. The van der Waals surface area contributed by atoms with Crippen LogP contribution in [0.15, 0.2) is 52.3 Å². The zero-order valence-corrected chi connectivity index (χ0v) is 44.7. The lowest BCUT2D eigenvalue weighted by atomic mass is 9.96. The van der Waals surface area contributed by atoms with Crippen molar-refractivity contribution in [2.45, 2.75) is 339 Å². The highest BCUT2D eigenvalue weighted by molar-refractivity contribution is 7.99. The predicted molar refractivity (Wildman–Crippen MR) is 293 cm³/mol. The molecule has 2 aromatic carbocycles. The lowest BCUT2D eigenvalue weighted by molar-refractivity contribution is 0.531. The van der Waals surface area contributed by atoms with Crippen LogP contribution in [-0.4, -0.2) is 0 Å². The van der Waals surface area contributed by atoms with E-state index in [1.807, 2.05) is 0 Å². The Morgan fingerprint density at radius 3 is 0.828 bits per heavy atom. The topological polar surface area (TPSA) is 0 Å². The Morgan fingerprint density at radius 1 is 0.234 bits per heavy atom. The van der Waals surface area contributed by atoms with Gasteiger partial charge in [0, 0.05) is 9.79 Å². The van der Waals surface area contributed by atoms with Gasteiger partial charge in [0.25, 0.3) is 0 Å². The molecule has 0 unspecified atom stereocenters. The van der Waals surface area contributed by atoms with Gasteiger partial charge in [-0.25, -0.2) is 0 Å². The van der Waals surface area contributed by atoms with E-state index in [9.17, 15) is 0 Å². The maximum absolute atomic E-state index is 2.50. The molecular weight excluding hydrogens is 789 g/mol. The Hall–Kier alpha value is -1.21. The van der Waals surface area contributed by atoms with Gasteiger partial charge in [-0.2, -0.15) is 0 Å². The fraction of sp³-hybridized carbons (Fsp3) is 0.810. The molecule has 0 saturated carbocycles. The van der Waals surface area contributed by atoms with E-state index in [0.29, 0.717) is 0 Å². The fourth-order valence-corrected chi connectivity index (χ4v) is 11.4. The maximum Gasteiger partial charge on any atom is 0.0157 e. The van der Waals surface area contributed by atoms with Gasteiger partial charge in [0.1, 0.15) is 0 Å². The van der Waals surface area contributed by atoms with Gasteiger partial charge in [0.2, 0.25) is 0 Å². The highest BCUT2D eigenvalue weighted by Crippen LogP contribution is 2.36. The molecule has 0 radical (unpaired) electrons. The summed E-state index contributed by atoms with van der Waals surface area (Å²) in [5.74, 6) is 0. The Labute approximate surface area is 407 Å². The average Bonchev–Trinajstić information content (AvgIpc) is 3.31. The monoisotopic (exact) mass is 901 g/mol. The second-order valence-electron chi connectivity index (χ2n) is 20.7. The lowest BCUT2D eigenvalue weighted by Crippen LogP contribution is -1.99. The molecule has 0 aliphatic heterocycles. The van der Waals surface area contributed by atoms with Gasteiger partial charge in [0.05, 0.1) is 0 Å². The average molecular weight is 902 g/mol. The van der Waals surface area contributed by atoms with Crippen molar-refractivity contribution in [3.05, 3.63) is 59.2 Å². The van der Waals surface area contributed by atoms with Gasteiger partial charge in [-0.1, -0.05) is 333 Å². The minimum atomic E-state index is 1.23. The number of rotatable bonds is 50. The Kier molecular flexibility index (Phi) is 43.2. The molecule has 0 N–H and O–H groups in total. The highest BCUT2D eigenvalue weighted by atomic mass is 32.2. The van der Waals surface area contributed by atoms with Crippen LogP contribution in [0.3, 0.4) is 0 Å². The summed E-state index contributed by atoms with van der Waals surface area (Å²) >= 11 is 2.09. The third-order valence-electron chi connectivity index (χ3n) is 14.6. The van der Waals surface area contributed by atoms with Gasteiger partial charge in [-0.15, -0.1) is 0 Å². The van der Waals surface area contributed by atoms with Crippen molar-refractivity contribution >= 4 is 11.8 Å². The van der Waals surface area contributed by atoms with Gasteiger partial charge in [0.15, 0.2) is 0 Å². The van der Waals surface area contributed by atoms with Crippen LogP contribution >= 0.6 is 11.8 Å². The van der Waals surface area contributed by atoms with Gasteiger partial charge >= 0.3 is 0 Å². The summed E-state index contributed by atoms with van der Waals surface area (Å²) in [5, 5.41) is 0. The third kappa shape index (κ3) is 35.0. The van der Waals surface area contributed by atoms with E-state index in [-0.39, 0.29) is 0 Å². The molecule has 64 heavy (non-hydrogen) atoms. The molecule has 0 bridgehead atoms. The summed E-state index contributed by atoms with van der Waals surface area (Å²) in [6, 6.07) is 16.8. The van der Waals surface area contributed by atoms with Crippen molar-refractivity contribution in [2.75, 3.05) is 0 Å². The van der Waals surface area contributed by atoms with Crippen molar-refractivity contribution in [3.63, 3.8) is 0 Å². The van der Waals surface area contributed by atoms with Crippen molar-refractivity contribution in [2.24, 2.45) is 0 Å². The van der Waals surface area contributed by atoms with Crippen LogP contribution in [0.4, 0.5) is 0 Å². The van der Waals surface area contributed by atoms with Crippen LogP contribution in [0.2, 0.25) is 0 Å². The third-order valence-corrected chi connectivity index (χ3v) is 15.8. The molecule has 0 aliphatic rings. The predicted octanol–water partition coefficient (Wildman–Crippen LogP) is 23.1. The summed E-state index contributed by atoms with van der Waals surface area (Å²) in [6.07, 6.45) is 68.4. The first kappa shape index (κ1) is 58.9. The second kappa shape index (κ2) is 46.9. The number of hydrogen-bond donors (Lipinski definition) is 0. The second-order valence-corrected chi connectivity index (χ2v) is 21.8. The molecule has 2 rings (SSSR count). The number of hydrogen-bond acceptors (Lipinski definition) is 1. The van der Waals surface area contributed by atoms with Crippen LogP contribution in [-0.2, 0) is 19.3 Å². The smallest absolute Gasteiger partial charge is 0.0157 e. The van der Waals surface area contributed by atoms with Gasteiger partial charge < -0.3 is 0 Å². The summed E-state index contributed by atoms with van der Waals surface area (Å²) in [4.78, 5) is 3.06. The van der Waals surface area contributed by atoms with E-state index >= 15 is 0 Å². The highest BCUT2D eigenvalue weighted by Gasteiger charge is 2.13. The normalized spacial score (nSPS) is 11.6. The van der Waals surface area contributed by atoms with E-state index < -0.39 is 0 Å². The van der Waals surface area contributed by atoms with Gasteiger partial charge in [-0.3, -0.25) is 0 Å². The minimum absolute atomic E-state index is 1.23. The van der Waals surface area contributed by atoms with Crippen LogP contribution in [0.5, 0.6) is 0 Å². The van der Waals surface area contributed by atoms with E-state index in [2.05, 4.69) is 75.0 Å². The molecular formula is C63H112S. The Balaban J connectivity index is 1.77. The van der Waals surface area contributed by atoms with Crippen molar-refractivity contribution < 1.29 is 0 Å². The fourth-order valence-electron chi connectivity index (χ4n) is 10.2. The lowest BCUT2D eigenvalue weighted by Gasteiger charge is -2.17. The molecule has 1 heteroatoms. The number of unbranched alkanes of at least 4 members (excludes halogenated alkanes) is 42. The molecule has 0 aromatic heterocycles. The molecule has 0 aliphatic carbocycles. The maximum atomic E-state index is 2.50. The number of aryl methyl sites for hydroxylation is 2. The first-order chi connectivity index (χ1) is 31.8. The van der Waals surface area contributed by atoms with Crippen molar-refractivity contribution in [1.29, 1.82) is 0 Å². The van der Waals surface area contributed by atoms with Crippen LogP contribution in [0.25, 0.3) is 0 Å². The molecule has 0 amide bonds. The molecule has 0 spiro atoms. The SMILES string of the molecule is CCCCCCCCCCCCCCCCCc1ccccc1Sc1cccc(CCCCCCCCCCCCCCCCC)c1CCCCCCCCCCCCCCCCC. The van der Waals surface area contributed by atoms with Crippen LogP contribution in [0, 0.1) is 0 Å². The summed E-state index contributed by atoms with van der Waals surface area (Å²) < 4.78 is 0.